The first kappa shape index (κ1) is 8.06. The molecular weight excluding hydrogens is 192 g/mol. The molecule has 0 saturated carbocycles. The van der Waals surface area contributed by atoms with Crippen LogP contribution in [0.4, 0.5) is 0 Å². The Labute approximate surface area is 75.1 Å². The largest absolute Gasteiger partial charge is 0.430 e. The van der Waals surface area contributed by atoms with Crippen molar-refractivity contribution in [2.24, 2.45) is 10.1 Å². The zero-order chi connectivity index (χ0) is 9.47. The molecule has 2 rings (SSSR count). The van der Waals surface area contributed by atoms with Crippen molar-refractivity contribution in [2.75, 3.05) is 0 Å². The Morgan fingerprint density at radius 3 is 2.77 bits per heavy atom. The molecule has 5 nitrogen and oxygen atoms in total. The van der Waals surface area contributed by atoms with Gasteiger partial charge >= 0.3 is 10.3 Å². The average Bonchev–Trinajstić information content (AvgIpc) is 2.02. The summed E-state index contributed by atoms with van der Waals surface area (Å²) < 4.78 is 29.7. The van der Waals surface area contributed by atoms with Crippen LogP contribution in [0.5, 0.6) is 5.75 Å². The molecule has 0 radical (unpaired) electrons. The third-order valence-corrected chi connectivity index (χ3v) is 2.38. The topological polar surface area (TPSA) is 81.8 Å². The van der Waals surface area contributed by atoms with Gasteiger partial charge in [0.1, 0.15) is 0 Å². The van der Waals surface area contributed by atoms with E-state index in [-0.39, 0.29) is 11.6 Å². The van der Waals surface area contributed by atoms with Crippen molar-refractivity contribution in [3.8, 4) is 5.75 Å². The lowest BCUT2D eigenvalue weighted by Crippen LogP contribution is -2.24. The standard InChI is InChI=1S/C7H6N2O3S/c8-7-5-3-1-2-4-6(5)12-13(10,11)9-7/h1-4H,(H2,8,9). The maximum absolute atomic E-state index is 10.9. The highest BCUT2D eigenvalue weighted by Gasteiger charge is 2.22. The number of amidine groups is 1. The number of hydrogen-bond acceptors (Lipinski definition) is 4. The van der Waals surface area contributed by atoms with Crippen molar-refractivity contribution in [1.82, 2.24) is 0 Å². The number of para-hydroxylation sites is 1. The number of nitrogens with two attached hydrogens (primary N) is 1. The number of benzene rings is 1. The lowest BCUT2D eigenvalue weighted by molar-refractivity contribution is 0.484. The van der Waals surface area contributed by atoms with Gasteiger partial charge in [0.2, 0.25) is 0 Å². The Hall–Kier alpha value is -1.56. The van der Waals surface area contributed by atoms with Gasteiger partial charge in [0, 0.05) is 0 Å². The van der Waals surface area contributed by atoms with Crippen LogP contribution in [0.1, 0.15) is 5.56 Å². The normalized spacial score (nSPS) is 18.3. The number of fused-ring (bicyclic) bond motifs is 1. The van der Waals surface area contributed by atoms with Gasteiger partial charge in [-0.05, 0) is 12.1 Å². The van der Waals surface area contributed by atoms with Crippen molar-refractivity contribution in [3.63, 3.8) is 0 Å². The van der Waals surface area contributed by atoms with Gasteiger partial charge in [0.15, 0.2) is 11.6 Å². The van der Waals surface area contributed by atoms with Gasteiger partial charge in [-0.1, -0.05) is 12.1 Å². The molecule has 0 spiro atoms. The minimum atomic E-state index is -3.88. The minimum Gasteiger partial charge on any atom is -0.382 e. The van der Waals surface area contributed by atoms with E-state index >= 15 is 0 Å². The summed E-state index contributed by atoms with van der Waals surface area (Å²) in [6.07, 6.45) is 0. The maximum Gasteiger partial charge on any atom is 0.430 e. The van der Waals surface area contributed by atoms with Gasteiger partial charge in [-0.25, -0.2) is 0 Å². The summed E-state index contributed by atoms with van der Waals surface area (Å²) in [5, 5.41) is 0. The Kier molecular flexibility index (Phi) is 1.53. The van der Waals surface area contributed by atoms with Gasteiger partial charge in [0.05, 0.1) is 5.56 Å². The zero-order valence-corrected chi connectivity index (χ0v) is 7.28. The molecule has 0 unspecified atom stereocenters. The van der Waals surface area contributed by atoms with E-state index in [9.17, 15) is 8.42 Å². The van der Waals surface area contributed by atoms with E-state index in [1.807, 2.05) is 0 Å². The zero-order valence-electron chi connectivity index (χ0n) is 6.47. The summed E-state index contributed by atoms with van der Waals surface area (Å²) in [7, 11) is -3.88. The summed E-state index contributed by atoms with van der Waals surface area (Å²) >= 11 is 0. The molecule has 0 aromatic heterocycles. The Morgan fingerprint density at radius 2 is 2.00 bits per heavy atom. The second kappa shape index (κ2) is 2.46. The summed E-state index contributed by atoms with van der Waals surface area (Å²) in [5.74, 6) is 0.178. The van der Waals surface area contributed by atoms with Crippen LogP contribution in [0.15, 0.2) is 28.7 Å². The van der Waals surface area contributed by atoms with Crippen LogP contribution in [0.3, 0.4) is 0 Å². The molecule has 2 N–H and O–H groups in total. The van der Waals surface area contributed by atoms with E-state index in [0.29, 0.717) is 5.56 Å². The number of hydrogen-bond donors (Lipinski definition) is 1. The molecule has 0 bridgehead atoms. The van der Waals surface area contributed by atoms with Gasteiger partial charge in [-0.2, -0.15) is 8.42 Å². The van der Waals surface area contributed by atoms with E-state index in [1.54, 1.807) is 18.2 Å². The lowest BCUT2D eigenvalue weighted by atomic mass is 10.2. The molecule has 1 aliphatic rings. The molecule has 1 heterocycles. The van der Waals surface area contributed by atoms with Crippen LogP contribution < -0.4 is 9.92 Å². The second-order valence-corrected chi connectivity index (χ2v) is 3.69. The van der Waals surface area contributed by atoms with Gasteiger partial charge < -0.3 is 9.92 Å². The quantitative estimate of drug-likeness (QED) is 0.637. The van der Waals surface area contributed by atoms with Crippen LogP contribution in [-0.2, 0) is 10.3 Å². The molecule has 0 aliphatic carbocycles. The molecule has 1 aliphatic heterocycles. The average molecular weight is 198 g/mol. The van der Waals surface area contributed by atoms with E-state index in [1.165, 1.54) is 6.07 Å². The smallest absolute Gasteiger partial charge is 0.382 e. The van der Waals surface area contributed by atoms with Gasteiger partial charge in [0.25, 0.3) is 0 Å². The maximum atomic E-state index is 10.9. The van der Waals surface area contributed by atoms with E-state index in [0.717, 1.165) is 0 Å². The predicted octanol–water partition coefficient (Wildman–Crippen LogP) is 0.0291. The molecular formula is C7H6N2O3S. The fourth-order valence-corrected chi connectivity index (χ4v) is 1.80. The van der Waals surface area contributed by atoms with E-state index < -0.39 is 10.3 Å². The highest BCUT2D eigenvalue weighted by atomic mass is 32.2. The number of rotatable bonds is 0. The molecule has 0 fully saturated rings. The summed E-state index contributed by atoms with van der Waals surface area (Å²) in [4.78, 5) is 0. The first-order valence-corrected chi connectivity index (χ1v) is 4.84. The highest BCUT2D eigenvalue weighted by molar-refractivity contribution is 7.86. The SMILES string of the molecule is NC1=NS(=O)(=O)Oc2ccccc21. The fourth-order valence-electron chi connectivity index (χ4n) is 1.05. The van der Waals surface area contributed by atoms with Crippen LogP contribution in [0, 0.1) is 0 Å². The van der Waals surface area contributed by atoms with Crippen molar-refractivity contribution >= 4 is 16.1 Å². The van der Waals surface area contributed by atoms with Crippen molar-refractivity contribution in [1.29, 1.82) is 0 Å². The molecule has 13 heavy (non-hydrogen) atoms. The number of nitrogens with zero attached hydrogens (tertiary/aromatic N) is 1. The Morgan fingerprint density at radius 1 is 1.31 bits per heavy atom. The molecule has 0 atom stereocenters. The van der Waals surface area contributed by atoms with E-state index in [2.05, 4.69) is 8.58 Å². The van der Waals surface area contributed by atoms with Crippen molar-refractivity contribution < 1.29 is 12.6 Å². The fraction of sp³-hybridized carbons (Fsp3) is 0. The van der Waals surface area contributed by atoms with Crippen LogP contribution >= 0.6 is 0 Å². The Bertz CT molecular complexity index is 478. The highest BCUT2D eigenvalue weighted by Crippen LogP contribution is 2.23. The summed E-state index contributed by atoms with van der Waals surface area (Å²) in [6.45, 7) is 0. The monoisotopic (exact) mass is 198 g/mol. The van der Waals surface area contributed by atoms with Crippen LogP contribution in [0.25, 0.3) is 0 Å². The third kappa shape index (κ3) is 1.35. The van der Waals surface area contributed by atoms with Crippen molar-refractivity contribution in [2.45, 2.75) is 0 Å². The van der Waals surface area contributed by atoms with Crippen LogP contribution in [-0.4, -0.2) is 14.3 Å². The molecule has 0 saturated heterocycles. The third-order valence-electron chi connectivity index (χ3n) is 1.57. The molecule has 0 amide bonds. The van der Waals surface area contributed by atoms with Gasteiger partial charge in [-0.15, -0.1) is 4.40 Å². The summed E-state index contributed by atoms with van der Waals surface area (Å²) in [6, 6.07) is 6.55. The second-order valence-electron chi connectivity index (χ2n) is 2.48. The van der Waals surface area contributed by atoms with Gasteiger partial charge in [-0.3, -0.25) is 0 Å². The molecule has 1 aromatic rings. The Balaban J connectivity index is 2.68. The molecule has 6 heteroatoms. The molecule has 1 aromatic carbocycles. The van der Waals surface area contributed by atoms with Crippen molar-refractivity contribution in [3.05, 3.63) is 29.8 Å². The first-order chi connectivity index (χ1) is 6.08. The molecule has 68 valence electrons. The first-order valence-electron chi connectivity index (χ1n) is 3.48. The predicted molar refractivity (Wildman–Crippen MR) is 46.7 cm³/mol. The lowest BCUT2D eigenvalue weighted by Gasteiger charge is -2.12. The minimum absolute atomic E-state index is 0.0400. The summed E-state index contributed by atoms with van der Waals surface area (Å²) in [5.41, 5.74) is 5.91. The van der Waals surface area contributed by atoms with Crippen LogP contribution in [0.2, 0.25) is 0 Å². The van der Waals surface area contributed by atoms with E-state index in [4.69, 9.17) is 5.73 Å².